The highest BCUT2D eigenvalue weighted by molar-refractivity contribution is 5.29. The topological polar surface area (TPSA) is 15.3 Å². The van der Waals surface area contributed by atoms with Gasteiger partial charge in [0.2, 0.25) is 0 Å². The smallest absolute Gasteiger partial charge is 0.0320 e. The first-order chi connectivity index (χ1) is 9.22. The lowest BCUT2D eigenvalue weighted by Crippen LogP contribution is -2.31. The second-order valence-electron chi connectivity index (χ2n) is 6.56. The lowest BCUT2D eigenvalue weighted by Gasteiger charge is -2.28. The van der Waals surface area contributed by atoms with Crippen LogP contribution in [0.2, 0.25) is 0 Å². The molecular formula is C17H26N2. The minimum absolute atomic E-state index is 0.579. The van der Waals surface area contributed by atoms with Gasteiger partial charge in [-0.1, -0.05) is 31.2 Å². The van der Waals surface area contributed by atoms with Crippen LogP contribution in [0.1, 0.15) is 49.3 Å². The Labute approximate surface area is 117 Å². The van der Waals surface area contributed by atoms with Crippen molar-refractivity contribution >= 4 is 0 Å². The molecule has 0 amide bonds. The maximum atomic E-state index is 3.70. The van der Waals surface area contributed by atoms with Gasteiger partial charge in [0.05, 0.1) is 0 Å². The number of likely N-dealkylation sites (N-methyl/N-ethyl adjacent to an activating group) is 1. The molecule has 0 radical (unpaired) electrons. The second kappa shape index (κ2) is 5.64. The van der Waals surface area contributed by atoms with Gasteiger partial charge >= 0.3 is 0 Å². The van der Waals surface area contributed by atoms with Crippen molar-refractivity contribution in [2.45, 2.75) is 38.1 Å². The number of nitrogens with zero attached hydrogens (tertiary/aromatic N) is 1. The number of rotatable bonds is 2. The summed E-state index contributed by atoms with van der Waals surface area (Å²) in [6, 6.07) is 9.91. The van der Waals surface area contributed by atoms with Crippen LogP contribution in [-0.4, -0.2) is 31.6 Å². The van der Waals surface area contributed by atoms with E-state index in [-0.39, 0.29) is 0 Å². The molecular weight excluding hydrogens is 232 g/mol. The van der Waals surface area contributed by atoms with E-state index in [0.29, 0.717) is 6.04 Å². The molecule has 2 nitrogen and oxygen atoms in total. The Balaban J connectivity index is 1.72. The van der Waals surface area contributed by atoms with Gasteiger partial charge in [0, 0.05) is 12.6 Å². The van der Waals surface area contributed by atoms with E-state index in [1.807, 2.05) is 0 Å². The summed E-state index contributed by atoms with van der Waals surface area (Å²) < 4.78 is 0. The van der Waals surface area contributed by atoms with Crippen molar-refractivity contribution in [3.05, 3.63) is 35.4 Å². The van der Waals surface area contributed by atoms with Crippen LogP contribution in [0.15, 0.2) is 24.3 Å². The van der Waals surface area contributed by atoms with Crippen LogP contribution in [0.3, 0.4) is 0 Å². The van der Waals surface area contributed by atoms with Crippen LogP contribution >= 0.6 is 0 Å². The van der Waals surface area contributed by atoms with Crippen LogP contribution in [0.4, 0.5) is 0 Å². The van der Waals surface area contributed by atoms with E-state index in [9.17, 15) is 0 Å². The number of hydrogen-bond acceptors (Lipinski definition) is 2. The monoisotopic (exact) mass is 258 g/mol. The SMILES string of the molecule is CC1CCC(c2cccc(C3CCN(C)C3)c2)NC1. The minimum Gasteiger partial charge on any atom is -0.310 e. The Morgan fingerprint density at radius 2 is 2.00 bits per heavy atom. The van der Waals surface area contributed by atoms with E-state index in [0.717, 1.165) is 11.8 Å². The number of piperidine rings is 1. The summed E-state index contributed by atoms with van der Waals surface area (Å²) in [6.07, 6.45) is 3.96. The summed E-state index contributed by atoms with van der Waals surface area (Å²) >= 11 is 0. The zero-order chi connectivity index (χ0) is 13.2. The van der Waals surface area contributed by atoms with Crippen molar-refractivity contribution < 1.29 is 0 Å². The standard InChI is InChI=1S/C17H26N2/c1-13-6-7-17(18-11-13)15-5-3-4-14(10-15)16-8-9-19(2)12-16/h3-5,10,13,16-18H,6-9,11-12H2,1-2H3. The van der Waals surface area contributed by atoms with E-state index in [2.05, 4.69) is 48.5 Å². The predicted octanol–water partition coefficient (Wildman–Crippen LogP) is 3.17. The normalized spacial score (nSPS) is 32.6. The number of hydrogen-bond donors (Lipinski definition) is 1. The Morgan fingerprint density at radius 3 is 2.68 bits per heavy atom. The first-order valence-electron chi connectivity index (χ1n) is 7.74. The molecule has 1 aromatic rings. The average molecular weight is 258 g/mol. The lowest BCUT2D eigenvalue weighted by atomic mass is 9.89. The van der Waals surface area contributed by atoms with Gasteiger partial charge in [-0.3, -0.25) is 0 Å². The van der Waals surface area contributed by atoms with Gasteiger partial charge in [-0.2, -0.15) is 0 Å². The fraction of sp³-hybridized carbons (Fsp3) is 0.647. The van der Waals surface area contributed by atoms with Crippen molar-refractivity contribution in [1.82, 2.24) is 10.2 Å². The first kappa shape index (κ1) is 13.1. The quantitative estimate of drug-likeness (QED) is 0.876. The Bertz CT molecular complexity index is 421. The molecule has 2 aliphatic rings. The first-order valence-corrected chi connectivity index (χ1v) is 7.74. The van der Waals surface area contributed by atoms with Crippen LogP contribution in [0, 0.1) is 5.92 Å². The minimum atomic E-state index is 0.579. The summed E-state index contributed by atoms with van der Waals surface area (Å²) in [5.41, 5.74) is 3.04. The average Bonchev–Trinajstić information content (AvgIpc) is 2.86. The highest BCUT2D eigenvalue weighted by Gasteiger charge is 2.23. The zero-order valence-electron chi connectivity index (χ0n) is 12.2. The maximum absolute atomic E-state index is 3.70. The third-order valence-corrected chi connectivity index (χ3v) is 4.84. The molecule has 0 spiro atoms. The number of likely N-dealkylation sites (tertiary alicyclic amines) is 1. The molecule has 19 heavy (non-hydrogen) atoms. The molecule has 2 aliphatic heterocycles. The molecule has 0 aliphatic carbocycles. The van der Waals surface area contributed by atoms with E-state index in [4.69, 9.17) is 0 Å². The van der Waals surface area contributed by atoms with Crippen molar-refractivity contribution in [2.24, 2.45) is 5.92 Å². The molecule has 2 saturated heterocycles. The Kier molecular flexibility index (Phi) is 3.90. The maximum Gasteiger partial charge on any atom is 0.0320 e. The van der Waals surface area contributed by atoms with Gasteiger partial charge in [0.25, 0.3) is 0 Å². The molecule has 1 N–H and O–H groups in total. The van der Waals surface area contributed by atoms with E-state index in [1.54, 1.807) is 5.56 Å². The molecule has 0 aromatic heterocycles. The molecule has 3 atom stereocenters. The van der Waals surface area contributed by atoms with Crippen molar-refractivity contribution in [3.8, 4) is 0 Å². The largest absolute Gasteiger partial charge is 0.310 e. The van der Waals surface area contributed by atoms with Gasteiger partial charge in [0.1, 0.15) is 0 Å². The van der Waals surface area contributed by atoms with Crippen LogP contribution in [0.5, 0.6) is 0 Å². The van der Waals surface area contributed by atoms with Gasteiger partial charge in [0.15, 0.2) is 0 Å². The summed E-state index contributed by atoms with van der Waals surface area (Å²) in [5, 5.41) is 3.70. The van der Waals surface area contributed by atoms with Crippen LogP contribution in [0.25, 0.3) is 0 Å². The van der Waals surface area contributed by atoms with E-state index >= 15 is 0 Å². The molecule has 0 bridgehead atoms. The zero-order valence-corrected chi connectivity index (χ0v) is 12.2. The van der Waals surface area contributed by atoms with Gasteiger partial charge in [-0.15, -0.1) is 0 Å². The lowest BCUT2D eigenvalue weighted by molar-refractivity contribution is 0.333. The number of nitrogens with one attached hydrogen (secondary N) is 1. The van der Waals surface area contributed by atoms with Crippen molar-refractivity contribution in [3.63, 3.8) is 0 Å². The summed E-state index contributed by atoms with van der Waals surface area (Å²) in [6.45, 7) is 5.97. The number of benzene rings is 1. The fourth-order valence-corrected chi connectivity index (χ4v) is 3.52. The van der Waals surface area contributed by atoms with Gasteiger partial charge < -0.3 is 10.2 Å². The van der Waals surface area contributed by atoms with Gasteiger partial charge in [-0.05, 0) is 62.4 Å². The van der Waals surface area contributed by atoms with E-state index < -0.39 is 0 Å². The predicted molar refractivity (Wildman–Crippen MR) is 80.4 cm³/mol. The summed E-state index contributed by atoms with van der Waals surface area (Å²) in [4.78, 5) is 2.44. The van der Waals surface area contributed by atoms with Gasteiger partial charge in [-0.25, -0.2) is 0 Å². The van der Waals surface area contributed by atoms with Crippen molar-refractivity contribution in [2.75, 3.05) is 26.7 Å². The molecule has 2 fully saturated rings. The third kappa shape index (κ3) is 3.01. The molecule has 2 heteroatoms. The highest BCUT2D eigenvalue weighted by Crippen LogP contribution is 2.30. The molecule has 104 valence electrons. The summed E-state index contributed by atoms with van der Waals surface area (Å²) in [7, 11) is 2.23. The van der Waals surface area contributed by atoms with Crippen molar-refractivity contribution in [1.29, 1.82) is 0 Å². The second-order valence-corrected chi connectivity index (χ2v) is 6.56. The summed E-state index contributed by atoms with van der Waals surface area (Å²) in [5.74, 6) is 1.58. The third-order valence-electron chi connectivity index (χ3n) is 4.84. The fourth-order valence-electron chi connectivity index (χ4n) is 3.52. The molecule has 1 aromatic carbocycles. The molecule has 3 unspecified atom stereocenters. The van der Waals surface area contributed by atoms with Crippen LogP contribution < -0.4 is 5.32 Å². The molecule has 2 heterocycles. The molecule has 0 saturated carbocycles. The highest BCUT2D eigenvalue weighted by atomic mass is 15.1. The van der Waals surface area contributed by atoms with E-state index in [1.165, 1.54) is 44.5 Å². The van der Waals surface area contributed by atoms with Crippen LogP contribution in [-0.2, 0) is 0 Å². The Morgan fingerprint density at radius 1 is 1.16 bits per heavy atom. The Hall–Kier alpha value is -0.860. The molecule has 3 rings (SSSR count).